The van der Waals surface area contributed by atoms with Gasteiger partial charge in [0.05, 0.1) is 30.2 Å². The molecule has 2 aromatic carbocycles. The fourth-order valence-corrected chi connectivity index (χ4v) is 5.57. The van der Waals surface area contributed by atoms with Crippen LogP contribution in [-0.2, 0) is 19.6 Å². The highest BCUT2D eigenvalue weighted by molar-refractivity contribution is 7.92. The molecule has 0 bridgehead atoms. The third-order valence-electron chi connectivity index (χ3n) is 6.47. The van der Waals surface area contributed by atoms with Gasteiger partial charge in [-0.1, -0.05) is 0 Å². The first-order valence-corrected chi connectivity index (χ1v) is 13.0. The predicted molar refractivity (Wildman–Crippen MR) is 128 cm³/mol. The number of nitrogens with zero attached hydrogens (tertiary/aromatic N) is 1. The number of rotatable bonds is 7. The van der Waals surface area contributed by atoms with Crippen molar-refractivity contribution in [3.05, 3.63) is 42.2 Å². The molecule has 1 amide bonds. The molecule has 1 aliphatic heterocycles. The first-order valence-electron chi connectivity index (χ1n) is 11.5. The average molecular weight is 577 g/mol. The van der Waals surface area contributed by atoms with E-state index in [9.17, 15) is 40.7 Å². The summed E-state index contributed by atoms with van der Waals surface area (Å²) < 4.78 is 96.9. The van der Waals surface area contributed by atoms with Gasteiger partial charge in [0.2, 0.25) is 5.60 Å². The lowest BCUT2D eigenvalue weighted by molar-refractivity contribution is -0.242. The standard InChI is InChI=1S/C24H24F4N2O8S/c1-23(2,24(26,27)28)38-22(33)29-12-4-7-18-17(8-12)30(11-20(37-18)14-10-15(14)21(31)32)39(34,35)13-5-6-16(25)19(9-13)36-3/h4-9,14-15,20H,10-11H2,1-3H3,(H,29,33)(H,31,32)/t14-,15+,20?/m1/s1. The van der Waals surface area contributed by atoms with Crippen LogP contribution >= 0.6 is 0 Å². The molecule has 1 saturated carbocycles. The molecule has 1 aliphatic carbocycles. The molecule has 1 heterocycles. The van der Waals surface area contributed by atoms with Crippen molar-refractivity contribution in [2.75, 3.05) is 23.3 Å². The van der Waals surface area contributed by atoms with Crippen molar-refractivity contribution in [2.45, 2.75) is 43.0 Å². The second kappa shape index (κ2) is 9.77. The summed E-state index contributed by atoms with van der Waals surface area (Å²) in [6.07, 6.45) is -6.85. The molecule has 3 atom stereocenters. The Labute approximate surface area is 220 Å². The van der Waals surface area contributed by atoms with E-state index in [1.54, 1.807) is 0 Å². The number of alkyl halides is 3. The number of halogens is 4. The fraction of sp³-hybridized carbons (Fsp3) is 0.417. The van der Waals surface area contributed by atoms with Gasteiger partial charge in [-0.2, -0.15) is 13.2 Å². The zero-order chi connectivity index (χ0) is 28.9. The van der Waals surface area contributed by atoms with E-state index in [1.165, 1.54) is 12.1 Å². The Morgan fingerprint density at radius 2 is 1.85 bits per heavy atom. The number of carboxylic acid groups (broad SMARTS) is 1. The summed E-state index contributed by atoms with van der Waals surface area (Å²) in [6, 6.07) is 6.61. The molecule has 4 rings (SSSR count). The number of anilines is 2. The Morgan fingerprint density at radius 1 is 1.15 bits per heavy atom. The van der Waals surface area contributed by atoms with Crippen molar-refractivity contribution in [3.63, 3.8) is 0 Å². The van der Waals surface area contributed by atoms with Gasteiger partial charge in [-0.3, -0.25) is 14.4 Å². The molecule has 1 unspecified atom stereocenters. The first-order chi connectivity index (χ1) is 18.0. The lowest BCUT2D eigenvalue weighted by atomic mass is 10.1. The molecule has 15 heteroatoms. The molecule has 10 nitrogen and oxygen atoms in total. The van der Waals surface area contributed by atoms with E-state index in [1.807, 2.05) is 0 Å². The number of ether oxygens (including phenoxy) is 3. The van der Waals surface area contributed by atoms with Crippen LogP contribution in [-0.4, -0.2) is 57.1 Å². The van der Waals surface area contributed by atoms with E-state index in [-0.39, 0.29) is 40.7 Å². The van der Waals surface area contributed by atoms with Crippen molar-refractivity contribution >= 4 is 33.5 Å². The van der Waals surface area contributed by atoms with Crippen molar-refractivity contribution < 1.29 is 54.9 Å². The van der Waals surface area contributed by atoms with Crippen LogP contribution in [0.25, 0.3) is 0 Å². The van der Waals surface area contributed by atoms with Gasteiger partial charge in [-0.15, -0.1) is 0 Å². The molecule has 0 radical (unpaired) electrons. The number of carbonyl (C=O) groups excluding carboxylic acids is 1. The molecular weight excluding hydrogens is 552 g/mol. The number of amides is 1. The van der Waals surface area contributed by atoms with Gasteiger partial charge in [-0.05, 0) is 50.6 Å². The Hall–Kier alpha value is -3.75. The second-order valence-corrected chi connectivity index (χ2v) is 11.4. The molecule has 2 N–H and O–H groups in total. The number of hydrogen-bond donors (Lipinski definition) is 2. The summed E-state index contributed by atoms with van der Waals surface area (Å²) in [5.41, 5.74) is -3.00. The third-order valence-corrected chi connectivity index (χ3v) is 8.25. The van der Waals surface area contributed by atoms with E-state index in [4.69, 9.17) is 9.47 Å². The smallest absolute Gasteiger partial charge is 0.427 e. The van der Waals surface area contributed by atoms with Gasteiger partial charge < -0.3 is 19.3 Å². The molecule has 1 fully saturated rings. The number of aliphatic carboxylic acids is 1. The van der Waals surface area contributed by atoms with Gasteiger partial charge in [0.25, 0.3) is 10.0 Å². The predicted octanol–water partition coefficient (Wildman–Crippen LogP) is 4.40. The van der Waals surface area contributed by atoms with E-state index in [2.05, 4.69) is 10.1 Å². The van der Waals surface area contributed by atoms with E-state index in [0.29, 0.717) is 13.8 Å². The van der Waals surface area contributed by atoms with Crippen molar-refractivity contribution in [3.8, 4) is 11.5 Å². The Morgan fingerprint density at radius 3 is 2.44 bits per heavy atom. The van der Waals surface area contributed by atoms with Crippen LogP contribution in [0.5, 0.6) is 11.5 Å². The quantitative estimate of drug-likeness (QED) is 0.464. The summed E-state index contributed by atoms with van der Waals surface area (Å²) >= 11 is 0. The number of fused-ring (bicyclic) bond motifs is 1. The SMILES string of the molecule is COc1cc(S(=O)(=O)N2CC([C@@H]3C[C@@H]3C(=O)O)Oc3ccc(NC(=O)OC(C)(C)C(F)(F)F)cc32)ccc1F. The number of benzene rings is 2. The van der Waals surface area contributed by atoms with Gasteiger partial charge in [0.1, 0.15) is 11.9 Å². The summed E-state index contributed by atoms with van der Waals surface area (Å²) in [5, 5.41) is 11.5. The van der Waals surface area contributed by atoms with Crippen molar-refractivity contribution in [2.24, 2.45) is 11.8 Å². The lowest BCUT2D eigenvalue weighted by Crippen LogP contribution is -2.45. The third kappa shape index (κ3) is 5.53. The van der Waals surface area contributed by atoms with Crippen LogP contribution in [0.15, 0.2) is 41.3 Å². The number of nitrogens with one attached hydrogen (secondary N) is 1. The molecule has 0 saturated heterocycles. The van der Waals surface area contributed by atoms with Crippen molar-refractivity contribution in [1.29, 1.82) is 0 Å². The van der Waals surface area contributed by atoms with Gasteiger partial charge >= 0.3 is 18.2 Å². The number of carbonyl (C=O) groups is 2. The van der Waals surface area contributed by atoms with Crippen LogP contribution in [0, 0.1) is 17.7 Å². The van der Waals surface area contributed by atoms with Gasteiger partial charge in [0, 0.05) is 17.7 Å². The minimum Gasteiger partial charge on any atom is -0.494 e. The maximum atomic E-state index is 14.0. The molecule has 2 aliphatic rings. The first kappa shape index (κ1) is 28.3. The van der Waals surface area contributed by atoms with Crippen LogP contribution < -0.4 is 19.1 Å². The second-order valence-electron chi connectivity index (χ2n) is 9.54. The lowest BCUT2D eigenvalue weighted by Gasteiger charge is -2.36. The Bertz CT molecular complexity index is 1410. The molecule has 39 heavy (non-hydrogen) atoms. The fourth-order valence-electron chi connectivity index (χ4n) is 4.07. The van der Waals surface area contributed by atoms with Crippen molar-refractivity contribution in [1.82, 2.24) is 0 Å². The highest BCUT2D eigenvalue weighted by Crippen LogP contribution is 2.48. The Balaban J connectivity index is 1.69. The van der Waals surface area contributed by atoms with E-state index in [0.717, 1.165) is 35.7 Å². The number of hydrogen-bond acceptors (Lipinski definition) is 7. The highest BCUT2D eigenvalue weighted by atomic mass is 32.2. The minimum absolute atomic E-state index is 0.0227. The maximum absolute atomic E-state index is 14.0. The van der Waals surface area contributed by atoms with Crippen LogP contribution in [0.3, 0.4) is 0 Å². The number of sulfonamides is 1. The normalized spacial score (nSPS) is 20.9. The van der Waals surface area contributed by atoms with E-state index < -0.39 is 57.6 Å². The number of methoxy groups -OCH3 is 1. The van der Waals surface area contributed by atoms with Gasteiger partial charge in [-0.25, -0.2) is 17.6 Å². The summed E-state index contributed by atoms with van der Waals surface area (Å²) in [6.45, 7) is 1.01. The summed E-state index contributed by atoms with van der Waals surface area (Å²) in [7, 11) is -3.27. The maximum Gasteiger partial charge on any atom is 0.427 e. The zero-order valence-corrected chi connectivity index (χ0v) is 21.6. The van der Waals surface area contributed by atoms with Crippen LogP contribution in [0.2, 0.25) is 0 Å². The highest BCUT2D eigenvalue weighted by Gasteiger charge is 2.52. The van der Waals surface area contributed by atoms with E-state index >= 15 is 0 Å². The van der Waals surface area contributed by atoms with Gasteiger partial charge in [0.15, 0.2) is 11.6 Å². The molecule has 0 aromatic heterocycles. The Kier molecular flexibility index (Phi) is 7.08. The summed E-state index contributed by atoms with van der Waals surface area (Å²) in [5.74, 6) is -3.36. The van der Waals surface area contributed by atoms with Crippen LogP contribution in [0.4, 0.5) is 33.7 Å². The molecule has 212 valence electrons. The molecular formula is C24H24F4N2O8S. The molecule has 0 spiro atoms. The molecule has 2 aromatic rings. The van der Waals surface area contributed by atoms with Crippen LogP contribution in [0.1, 0.15) is 20.3 Å². The minimum atomic E-state index is -4.85. The topological polar surface area (TPSA) is 131 Å². The summed E-state index contributed by atoms with van der Waals surface area (Å²) in [4.78, 5) is 23.3. The zero-order valence-electron chi connectivity index (χ0n) is 20.8. The number of carboxylic acids is 1. The largest absolute Gasteiger partial charge is 0.494 e. The average Bonchev–Trinajstić information content (AvgIpc) is 3.64. The monoisotopic (exact) mass is 576 g/mol.